The Labute approximate surface area is 161 Å². The molecule has 0 spiro atoms. The molecular formula is C23H19FN2O2. The number of aromatic nitrogens is 2. The normalized spacial score (nSPS) is 11.3. The van der Waals surface area contributed by atoms with E-state index in [1.165, 1.54) is 10.6 Å². The van der Waals surface area contributed by atoms with Crippen molar-refractivity contribution in [3.63, 3.8) is 0 Å². The lowest BCUT2D eigenvalue weighted by Crippen LogP contribution is -2.22. The molecule has 0 radical (unpaired) electrons. The van der Waals surface area contributed by atoms with E-state index >= 15 is 0 Å². The predicted octanol–water partition coefficient (Wildman–Crippen LogP) is 4.25. The highest BCUT2D eigenvalue weighted by Gasteiger charge is 2.20. The fraction of sp³-hybridized carbons (Fsp3) is 0.174. The maximum absolute atomic E-state index is 14.6. The largest absolute Gasteiger partial charge is 0.314 e. The van der Waals surface area contributed by atoms with Crippen LogP contribution in [0, 0.1) is 19.7 Å². The maximum atomic E-state index is 14.6. The fourth-order valence-electron chi connectivity index (χ4n) is 3.88. The predicted molar refractivity (Wildman–Crippen MR) is 109 cm³/mol. The quantitative estimate of drug-likeness (QED) is 0.504. The molecule has 0 bridgehead atoms. The number of hydrogen-bond donors (Lipinski definition) is 0. The van der Waals surface area contributed by atoms with Crippen LogP contribution in [0.3, 0.4) is 0 Å². The van der Waals surface area contributed by atoms with Gasteiger partial charge in [-0.05, 0) is 49.1 Å². The third-order valence-electron chi connectivity index (χ3n) is 5.27. The van der Waals surface area contributed by atoms with Crippen LogP contribution in [0.5, 0.6) is 0 Å². The van der Waals surface area contributed by atoms with Gasteiger partial charge in [-0.1, -0.05) is 17.7 Å². The first-order valence-electron chi connectivity index (χ1n) is 9.04. The zero-order valence-electron chi connectivity index (χ0n) is 15.9. The molecule has 4 rings (SSSR count). The molecule has 4 aromatic rings. The SMILES string of the molecule is Cc1ccc2c(-c3ccc(F)c4c(C)ccnc34)c(CC=O)n(C)c(=O)c2c1. The van der Waals surface area contributed by atoms with E-state index in [0.717, 1.165) is 28.4 Å². The Balaban J connectivity index is 2.26. The summed E-state index contributed by atoms with van der Waals surface area (Å²) >= 11 is 0. The molecule has 0 saturated heterocycles. The molecule has 0 atom stereocenters. The van der Waals surface area contributed by atoms with Gasteiger partial charge in [0.1, 0.15) is 12.1 Å². The van der Waals surface area contributed by atoms with Crippen LogP contribution in [-0.2, 0) is 18.3 Å². The molecule has 0 amide bonds. The van der Waals surface area contributed by atoms with Crippen molar-refractivity contribution in [3.05, 3.63) is 75.6 Å². The van der Waals surface area contributed by atoms with Crippen molar-refractivity contribution in [1.29, 1.82) is 0 Å². The Bertz CT molecular complexity index is 1310. The van der Waals surface area contributed by atoms with Crippen LogP contribution in [0.1, 0.15) is 16.8 Å². The summed E-state index contributed by atoms with van der Waals surface area (Å²) < 4.78 is 16.1. The average molecular weight is 374 g/mol. The van der Waals surface area contributed by atoms with E-state index in [1.54, 1.807) is 25.4 Å². The molecule has 2 heterocycles. The van der Waals surface area contributed by atoms with Crippen LogP contribution >= 0.6 is 0 Å². The molecule has 0 N–H and O–H groups in total. The van der Waals surface area contributed by atoms with E-state index < -0.39 is 0 Å². The van der Waals surface area contributed by atoms with Crippen molar-refractivity contribution in [2.45, 2.75) is 20.3 Å². The summed E-state index contributed by atoms with van der Waals surface area (Å²) in [6.45, 7) is 3.77. The van der Waals surface area contributed by atoms with E-state index in [-0.39, 0.29) is 17.8 Å². The third-order valence-corrected chi connectivity index (χ3v) is 5.27. The van der Waals surface area contributed by atoms with Crippen molar-refractivity contribution in [1.82, 2.24) is 9.55 Å². The minimum atomic E-state index is -0.341. The third kappa shape index (κ3) is 2.62. The smallest absolute Gasteiger partial charge is 0.258 e. The number of carbonyl (C=O) groups is 1. The minimum absolute atomic E-state index is 0.0789. The number of benzene rings is 2. The van der Waals surface area contributed by atoms with Gasteiger partial charge in [-0.25, -0.2) is 4.39 Å². The number of fused-ring (bicyclic) bond motifs is 2. The van der Waals surface area contributed by atoms with E-state index in [2.05, 4.69) is 4.98 Å². The lowest BCUT2D eigenvalue weighted by atomic mass is 9.92. The molecule has 0 fully saturated rings. The highest BCUT2D eigenvalue weighted by atomic mass is 19.1. The van der Waals surface area contributed by atoms with Gasteiger partial charge in [-0.3, -0.25) is 9.78 Å². The number of carbonyl (C=O) groups excluding carboxylic acids is 1. The second-order valence-corrected chi connectivity index (χ2v) is 7.05. The van der Waals surface area contributed by atoms with Crippen molar-refractivity contribution in [2.24, 2.45) is 7.05 Å². The summed E-state index contributed by atoms with van der Waals surface area (Å²) in [5, 5.41) is 1.75. The van der Waals surface area contributed by atoms with E-state index in [0.29, 0.717) is 27.5 Å². The van der Waals surface area contributed by atoms with Gasteiger partial charge in [0, 0.05) is 47.3 Å². The zero-order chi connectivity index (χ0) is 20.0. The molecule has 5 heteroatoms. The summed E-state index contributed by atoms with van der Waals surface area (Å²) in [5.74, 6) is -0.341. The van der Waals surface area contributed by atoms with Crippen LogP contribution in [0.4, 0.5) is 4.39 Å². The highest BCUT2D eigenvalue weighted by molar-refractivity contribution is 6.05. The Kier molecular flexibility index (Phi) is 4.30. The van der Waals surface area contributed by atoms with Gasteiger partial charge >= 0.3 is 0 Å². The van der Waals surface area contributed by atoms with Gasteiger partial charge in [-0.2, -0.15) is 0 Å². The molecular weight excluding hydrogens is 355 g/mol. The standard InChI is InChI=1S/C23H19FN2O2/c1-13-4-5-15-17(12-13)23(28)26(3)19(9-11-27)21(15)16-6-7-18(24)20-14(2)8-10-25-22(16)20/h4-8,10-12H,9H2,1-3H3. The van der Waals surface area contributed by atoms with Crippen molar-refractivity contribution < 1.29 is 9.18 Å². The molecule has 2 aromatic carbocycles. The molecule has 0 aliphatic heterocycles. The van der Waals surface area contributed by atoms with Crippen molar-refractivity contribution in [3.8, 4) is 11.1 Å². The molecule has 4 nitrogen and oxygen atoms in total. The number of hydrogen-bond acceptors (Lipinski definition) is 3. The molecule has 0 aliphatic rings. The van der Waals surface area contributed by atoms with E-state index in [9.17, 15) is 14.0 Å². The second kappa shape index (κ2) is 6.68. The molecule has 0 unspecified atom stereocenters. The summed E-state index contributed by atoms with van der Waals surface area (Å²) in [6.07, 6.45) is 2.51. The highest BCUT2D eigenvalue weighted by Crippen LogP contribution is 2.36. The fourth-order valence-corrected chi connectivity index (χ4v) is 3.88. The molecule has 0 aliphatic carbocycles. The monoisotopic (exact) mass is 374 g/mol. The first-order valence-corrected chi connectivity index (χ1v) is 9.04. The van der Waals surface area contributed by atoms with Crippen LogP contribution in [0.15, 0.2) is 47.4 Å². The van der Waals surface area contributed by atoms with Gasteiger partial charge in [0.15, 0.2) is 0 Å². The Morgan fingerprint density at radius 2 is 1.89 bits per heavy atom. The first-order chi connectivity index (χ1) is 13.4. The Morgan fingerprint density at radius 3 is 2.64 bits per heavy atom. The molecule has 2 aromatic heterocycles. The van der Waals surface area contributed by atoms with Crippen LogP contribution in [-0.4, -0.2) is 15.8 Å². The van der Waals surface area contributed by atoms with Crippen molar-refractivity contribution >= 4 is 28.0 Å². The lowest BCUT2D eigenvalue weighted by molar-refractivity contribution is -0.107. The van der Waals surface area contributed by atoms with Crippen molar-refractivity contribution in [2.75, 3.05) is 0 Å². The Morgan fingerprint density at radius 1 is 1.11 bits per heavy atom. The maximum Gasteiger partial charge on any atom is 0.258 e. The summed E-state index contributed by atoms with van der Waals surface area (Å²) in [5.41, 5.74) is 4.16. The molecule has 140 valence electrons. The van der Waals surface area contributed by atoms with E-state index in [4.69, 9.17) is 0 Å². The number of nitrogens with zero attached hydrogens (tertiary/aromatic N) is 2. The lowest BCUT2D eigenvalue weighted by Gasteiger charge is -2.18. The van der Waals surface area contributed by atoms with Gasteiger partial charge < -0.3 is 9.36 Å². The number of pyridine rings is 2. The van der Waals surface area contributed by atoms with Crippen LogP contribution in [0.2, 0.25) is 0 Å². The number of halogens is 1. The summed E-state index contributed by atoms with van der Waals surface area (Å²) in [4.78, 5) is 28.7. The molecule has 28 heavy (non-hydrogen) atoms. The second-order valence-electron chi connectivity index (χ2n) is 7.05. The van der Waals surface area contributed by atoms with Gasteiger partial charge in [0.25, 0.3) is 5.56 Å². The van der Waals surface area contributed by atoms with Gasteiger partial charge in [-0.15, -0.1) is 0 Å². The van der Waals surface area contributed by atoms with Crippen LogP contribution < -0.4 is 5.56 Å². The number of aryl methyl sites for hydroxylation is 2. The zero-order valence-corrected chi connectivity index (χ0v) is 15.9. The Hall–Kier alpha value is -3.34. The topological polar surface area (TPSA) is 52.0 Å². The minimum Gasteiger partial charge on any atom is -0.314 e. The summed E-state index contributed by atoms with van der Waals surface area (Å²) in [6, 6.07) is 10.5. The van der Waals surface area contributed by atoms with E-state index in [1.807, 2.05) is 32.0 Å². The number of rotatable bonds is 3. The molecule has 0 saturated carbocycles. The number of aldehydes is 1. The summed E-state index contributed by atoms with van der Waals surface area (Å²) in [7, 11) is 1.66. The van der Waals surface area contributed by atoms with Gasteiger partial charge in [0.05, 0.1) is 5.52 Å². The van der Waals surface area contributed by atoms with Gasteiger partial charge in [0.2, 0.25) is 0 Å². The average Bonchev–Trinajstić information content (AvgIpc) is 2.68. The first kappa shape index (κ1) is 18.0. The van der Waals surface area contributed by atoms with Crippen LogP contribution in [0.25, 0.3) is 32.8 Å².